The maximum Gasteiger partial charge on any atom is 0.223 e. The van der Waals surface area contributed by atoms with Crippen molar-refractivity contribution in [1.82, 2.24) is 20.1 Å². The van der Waals surface area contributed by atoms with Crippen molar-refractivity contribution >= 4 is 5.91 Å². The van der Waals surface area contributed by atoms with E-state index in [4.69, 9.17) is 5.73 Å². The smallest absolute Gasteiger partial charge is 0.223 e. The molecule has 0 radical (unpaired) electrons. The van der Waals surface area contributed by atoms with Crippen LogP contribution in [0, 0.1) is 11.8 Å². The van der Waals surface area contributed by atoms with E-state index >= 15 is 0 Å². The lowest BCUT2D eigenvalue weighted by Gasteiger charge is -2.21. The van der Waals surface area contributed by atoms with Crippen molar-refractivity contribution in [1.29, 1.82) is 0 Å². The first-order valence-corrected chi connectivity index (χ1v) is 6.31. The van der Waals surface area contributed by atoms with Crippen molar-refractivity contribution in [3.63, 3.8) is 0 Å². The van der Waals surface area contributed by atoms with E-state index in [0.717, 1.165) is 6.42 Å². The minimum Gasteiger partial charge on any atom is -0.338 e. The van der Waals surface area contributed by atoms with Gasteiger partial charge >= 0.3 is 0 Å². The number of hydrogen-bond acceptors (Lipinski definition) is 4. The van der Waals surface area contributed by atoms with Crippen LogP contribution in [0.25, 0.3) is 0 Å². The van der Waals surface area contributed by atoms with Crippen LogP contribution >= 0.6 is 0 Å². The van der Waals surface area contributed by atoms with Gasteiger partial charge in [-0.25, -0.2) is 4.98 Å². The number of nitrogens with zero attached hydrogens (tertiary/aromatic N) is 3. The molecule has 0 spiro atoms. The highest BCUT2D eigenvalue weighted by molar-refractivity contribution is 5.76. The Bertz CT molecular complexity index is 349. The zero-order chi connectivity index (χ0) is 13.5. The molecule has 0 saturated heterocycles. The van der Waals surface area contributed by atoms with Crippen LogP contribution in [0.4, 0.5) is 0 Å². The minimum absolute atomic E-state index is 0.0995. The van der Waals surface area contributed by atoms with Gasteiger partial charge in [0.15, 0.2) is 0 Å². The van der Waals surface area contributed by atoms with Gasteiger partial charge in [0, 0.05) is 13.5 Å². The summed E-state index contributed by atoms with van der Waals surface area (Å²) in [7, 11) is 1.77. The van der Waals surface area contributed by atoms with E-state index in [1.54, 1.807) is 11.9 Å². The summed E-state index contributed by atoms with van der Waals surface area (Å²) >= 11 is 0. The number of rotatable bonds is 7. The number of H-pyrrole nitrogens is 1. The second-order valence-electron chi connectivity index (χ2n) is 5.12. The summed E-state index contributed by atoms with van der Waals surface area (Å²) in [4.78, 5) is 17.7. The zero-order valence-corrected chi connectivity index (χ0v) is 11.4. The van der Waals surface area contributed by atoms with Crippen molar-refractivity contribution < 1.29 is 4.79 Å². The third kappa shape index (κ3) is 4.83. The van der Waals surface area contributed by atoms with Gasteiger partial charge in [0.25, 0.3) is 0 Å². The quantitative estimate of drug-likeness (QED) is 0.751. The van der Waals surface area contributed by atoms with Crippen LogP contribution in [0.3, 0.4) is 0 Å². The minimum atomic E-state index is 0.0995. The van der Waals surface area contributed by atoms with E-state index in [0.29, 0.717) is 31.3 Å². The number of nitrogens with one attached hydrogen (secondary N) is 1. The highest BCUT2D eigenvalue weighted by Gasteiger charge is 2.17. The fraction of sp³-hybridized carbons (Fsp3) is 0.750. The molecule has 3 N–H and O–H groups in total. The molecule has 1 unspecified atom stereocenters. The molecule has 0 aliphatic heterocycles. The summed E-state index contributed by atoms with van der Waals surface area (Å²) < 4.78 is 0. The first-order chi connectivity index (χ1) is 8.52. The molecule has 18 heavy (non-hydrogen) atoms. The highest BCUT2D eigenvalue weighted by Crippen LogP contribution is 2.15. The largest absolute Gasteiger partial charge is 0.338 e. The molecule has 1 atom stereocenters. The van der Waals surface area contributed by atoms with E-state index < -0.39 is 0 Å². The van der Waals surface area contributed by atoms with Crippen LogP contribution in [0.1, 0.15) is 32.5 Å². The third-order valence-corrected chi connectivity index (χ3v) is 2.88. The maximum absolute atomic E-state index is 12.0. The number of aromatic nitrogens is 3. The lowest BCUT2D eigenvalue weighted by molar-refractivity contribution is -0.131. The Balaban J connectivity index is 2.43. The summed E-state index contributed by atoms with van der Waals surface area (Å²) in [5.74, 6) is 1.61. The molecular weight excluding hydrogens is 230 g/mol. The molecule has 6 nitrogen and oxygen atoms in total. The standard InChI is InChI=1S/C12H23N5O/c1-9(2)4-10(6-13)5-12(18)17(3)7-11-14-8-15-16-11/h8-10H,4-7,13H2,1-3H3,(H,14,15,16). The number of carbonyl (C=O) groups excluding carboxylic acids is 1. The molecule has 102 valence electrons. The Hall–Kier alpha value is -1.43. The molecule has 6 heteroatoms. The van der Waals surface area contributed by atoms with E-state index in [1.807, 2.05) is 0 Å². The number of carbonyl (C=O) groups is 1. The molecular formula is C12H23N5O. The summed E-state index contributed by atoms with van der Waals surface area (Å²) in [6.45, 7) is 5.30. The van der Waals surface area contributed by atoms with Gasteiger partial charge in [-0.2, -0.15) is 5.10 Å². The van der Waals surface area contributed by atoms with Crippen LogP contribution in [0.15, 0.2) is 6.33 Å². The van der Waals surface area contributed by atoms with E-state index in [9.17, 15) is 4.79 Å². The average Bonchev–Trinajstić information content (AvgIpc) is 2.80. The van der Waals surface area contributed by atoms with Gasteiger partial charge in [0.05, 0.1) is 6.54 Å². The molecule has 0 bridgehead atoms. The Morgan fingerprint density at radius 3 is 2.78 bits per heavy atom. The molecule has 1 amide bonds. The molecule has 1 aromatic heterocycles. The van der Waals surface area contributed by atoms with Crippen molar-refractivity contribution in [2.24, 2.45) is 17.6 Å². The average molecular weight is 253 g/mol. The van der Waals surface area contributed by atoms with Crippen molar-refractivity contribution in [3.8, 4) is 0 Å². The van der Waals surface area contributed by atoms with Crippen LogP contribution < -0.4 is 5.73 Å². The normalized spacial score (nSPS) is 12.7. The molecule has 0 fully saturated rings. The molecule has 0 aromatic carbocycles. The first kappa shape index (κ1) is 14.6. The monoisotopic (exact) mass is 253 g/mol. The second-order valence-corrected chi connectivity index (χ2v) is 5.12. The van der Waals surface area contributed by atoms with Crippen LogP contribution in [-0.2, 0) is 11.3 Å². The Morgan fingerprint density at radius 2 is 2.28 bits per heavy atom. The van der Waals surface area contributed by atoms with Gasteiger partial charge in [0.2, 0.25) is 5.91 Å². The van der Waals surface area contributed by atoms with Gasteiger partial charge in [0.1, 0.15) is 12.2 Å². The van der Waals surface area contributed by atoms with Gasteiger partial charge in [-0.05, 0) is 24.8 Å². The lowest BCUT2D eigenvalue weighted by Crippen LogP contribution is -2.30. The van der Waals surface area contributed by atoms with E-state index in [2.05, 4.69) is 29.0 Å². The molecule has 1 rings (SSSR count). The van der Waals surface area contributed by atoms with Crippen molar-refractivity contribution in [2.45, 2.75) is 33.2 Å². The fourth-order valence-electron chi connectivity index (χ4n) is 1.95. The Labute approximate surface area is 108 Å². The fourth-order valence-corrected chi connectivity index (χ4v) is 1.95. The van der Waals surface area contributed by atoms with Crippen molar-refractivity contribution in [2.75, 3.05) is 13.6 Å². The maximum atomic E-state index is 12.0. The number of aromatic amines is 1. The summed E-state index contributed by atoms with van der Waals surface area (Å²) in [5, 5.41) is 6.50. The van der Waals surface area contributed by atoms with Crippen molar-refractivity contribution in [3.05, 3.63) is 12.2 Å². The van der Waals surface area contributed by atoms with Crippen LogP contribution in [0.2, 0.25) is 0 Å². The van der Waals surface area contributed by atoms with Gasteiger partial charge in [-0.3, -0.25) is 9.89 Å². The van der Waals surface area contributed by atoms with Gasteiger partial charge in [-0.1, -0.05) is 13.8 Å². The number of hydrogen-bond donors (Lipinski definition) is 2. The van der Waals surface area contributed by atoms with E-state index in [-0.39, 0.29) is 11.8 Å². The number of amides is 1. The van der Waals surface area contributed by atoms with Crippen LogP contribution in [-0.4, -0.2) is 39.6 Å². The Morgan fingerprint density at radius 1 is 1.56 bits per heavy atom. The second kappa shape index (κ2) is 7.10. The Kier molecular flexibility index (Phi) is 5.77. The molecule has 0 saturated carbocycles. The van der Waals surface area contributed by atoms with Gasteiger partial charge < -0.3 is 10.6 Å². The first-order valence-electron chi connectivity index (χ1n) is 6.31. The SMILES string of the molecule is CC(C)CC(CN)CC(=O)N(C)Cc1ncn[nH]1. The topological polar surface area (TPSA) is 87.9 Å². The summed E-state index contributed by atoms with van der Waals surface area (Å²) in [5.41, 5.74) is 5.71. The van der Waals surface area contributed by atoms with E-state index in [1.165, 1.54) is 6.33 Å². The highest BCUT2D eigenvalue weighted by atomic mass is 16.2. The molecule has 1 heterocycles. The number of nitrogens with two attached hydrogens (primary N) is 1. The lowest BCUT2D eigenvalue weighted by atomic mass is 9.94. The summed E-state index contributed by atoms with van der Waals surface area (Å²) in [6.07, 6.45) is 2.92. The summed E-state index contributed by atoms with van der Waals surface area (Å²) in [6, 6.07) is 0. The predicted molar refractivity (Wildman–Crippen MR) is 69.5 cm³/mol. The third-order valence-electron chi connectivity index (χ3n) is 2.88. The molecule has 0 aliphatic carbocycles. The van der Waals surface area contributed by atoms with Crippen LogP contribution in [0.5, 0.6) is 0 Å². The zero-order valence-electron chi connectivity index (χ0n) is 11.4. The molecule has 1 aromatic rings. The van der Waals surface area contributed by atoms with Gasteiger partial charge in [-0.15, -0.1) is 0 Å². The molecule has 0 aliphatic rings. The predicted octanol–water partition coefficient (Wildman–Crippen LogP) is 0.774.